The van der Waals surface area contributed by atoms with Gasteiger partial charge in [0.05, 0.1) is 31.8 Å². The van der Waals surface area contributed by atoms with E-state index in [4.69, 9.17) is 14.5 Å². The Morgan fingerprint density at radius 3 is 2.36 bits per heavy atom. The zero-order valence-corrected chi connectivity index (χ0v) is 24.3. The number of piperazine rings is 2. The Balaban J connectivity index is 0.946. The minimum atomic E-state index is -0.411. The molecular weight excluding hydrogens is 537 g/mol. The Morgan fingerprint density at radius 1 is 0.952 bits per heavy atom. The maximum absolute atomic E-state index is 12.7. The molecule has 0 spiro atoms. The van der Waals surface area contributed by atoms with Gasteiger partial charge in [-0.3, -0.25) is 9.69 Å². The number of esters is 1. The number of anilines is 2. The van der Waals surface area contributed by atoms with Gasteiger partial charge in [0.15, 0.2) is 0 Å². The van der Waals surface area contributed by atoms with E-state index in [1.54, 1.807) is 6.92 Å². The molecule has 42 heavy (non-hydrogen) atoms. The first-order valence-corrected chi connectivity index (χ1v) is 14.9. The number of carbonyl (C=O) groups is 2. The summed E-state index contributed by atoms with van der Waals surface area (Å²) in [7, 11) is 0. The molecule has 0 bridgehead atoms. The highest BCUT2D eigenvalue weighted by Gasteiger charge is 2.27. The smallest absolute Gasteiger partial charge is 0.341 e. The average molecular weight is 575 g/mol. The second kappa shape index (κ2) is 14.4. The highest BCUT2D eigenvalue weighted by molar-refractivity contribution is 6.66. The molecule has 2 fully saturated rings. The van der Waals surface area contributed by atoms with E-state index in [0.29, 0.717) is 63.9 Å². The Bertz CT molecular complexity index is 1260. The quantitative estimate of drug-likeness (QED) is 0.222. The van der Waals surface area contributed by atoms with E-state index in [1.807, 2.05) is 11.1 Å². The molecule has 0 unspecified atom stereocenters. The molecule has 3 aliphatic heterocycles. The third-order valence-electron chi connectivity index (χ3n) is 8.05. The molecule has 0 aliphatic carbocycles. The van der Waals surface area contributed by atoms with E-state index in [2.05, 4.69) is 35.6 Å². The lowest BCUT2D eigenvalue weighted by Crippen LogP contribution is -2.49. The number of nitrogens with zero attached hydrogens (tertiary/aromatic N) is 9. The van der Waals surface area contributed by atoms with Crippen molar-refractivity contribution in [3.05, 3.63) is 35.4 Å². The molecule has 0 atom stereocenters. The van der Waals surface area contributed by atoms with Crippen LogP contribution < -0.4 is 9.80 Å². The number of rotatable bonds is 10. The summed E-state index contributed by atoms with van der Waals surface area (Å²) >= 11 is 0. The Labute approximate surface area is 246 Å². The molecule has 13 nitrogen and oxygen atoms in total. The highest BCUT2D eigenvalue weighted by atomic mass is 16.5. The summed E-state index contributed by atoms with van der Waals surface area (Å²) in [5.41, 5.74) is 2.50. The molecule has 0 radical (unpaired) electrons. The van der Waals surface area contributed by atoms with Gasteiger partial charge in [-0.2, -0.15) is 0 Å². The van der Waals surface area contributed by atoms with Crippen LogP contribution in [0.15, 0.2) is 18.6 Å². The van der Waals surface area contributed by atoms with E-state index in [1.165, 1.54) is 12.4 Å². The van der Waals surface area contributed by atoms with Gasteiger partial charge in [-0.05, 0) is 25.2 Å². The Kier molecular flexibility index (Phi) is 10.2. The molecule has 2 aromatic heterocycles. The number of fused-ring (bicyclic) bond motifs is 1. The molecule has 3 aliphatic rings. The predicted molar refractivity (Wildman–Crippen MR) is 156 cm³/mol. The number of hydrogen-bond acceptors (Lipinski definition) is 12. The Morgan fingerprint density at radius 2 is 1.64 bits per heavy atom. The van der Waals surface area contributed by atoms with Gasteiger partial charge >= 0.3 is 5.97 Å². The van der Waals surface area contributed by atoms with Crippen LogP contribution in [0.25, 0.3) is 0 Å². The van der Waals surface area contributed by atoms with Crippen LogP contribution in [0.2, 0.25) is 6.32 Å². The number of hydrogen-bond donors (Lipinski definition) is 0. The lowest BCUT2D eigenvalue weighted by Gasteiger charge is -2.35. The van der Waals surface area contributed by atoms with Crippen molar-refractivity contribution in [2.24, 2.45) is 0 Å². The number of ether oxygens (including phenoxy) is 2. The second-order valence-corrected chi connectivity index (χ2v) is 10.8. The Hall–Kier alpha value is -3.83. The lowest BCUT2D eigenvalue weighted by molar-refractivity contribution is -0.132. The van der Waals surface area contributed by atoms with Crippen molar-refractivity contribution in [3.8, 4) is 5.97 Å². The predicted octanol–water partition coefficient (Wildman–Crippen LogP) is 0.516. The van der Waals surface area contributed by atoms with Crippen molar-refractivity contribution >= 4 is 30.5 Å². The largest absolute Gasteiger partial charge is 0.462 e. The van der Waals surface area contributed by atoms with E-state index < -0.39 is 5.97 Å². The number of carbonyl (C=O) groups excluding carboxylic acids is 2. The van der Waals surface area contributed by atoms with Gasteiger partial charge in [0.2, 0.25) is 17.8 Å². The maximum Gasteiger partial charge on any atom is 0.341 e. The van der Waals surface area contributed by atoms with Gasteiger partial charge < -0.3 is 24.2 Å². The van der Waals surface area contributed by atoms with Crippen LogP contribution in [-0.4, -0.2) is 127 Å². The molecule has 0 saturated carbocycles. The molecule has 222 valence electrons. The van der Waals surface area contributed by atoms with Gasteiger partial charge in [0.1, 0.15) is 0 Å². The van der Waals surface area contributed by atoms with Gasteiger partial charge in [-0.25, -0.2) is 30.0 Å². The van der Waals surface area contributed by atoms with Crippen molar-refractivity contribution in [2.75, 3.05) is 88.5 Å². The van der Waals surface area contributed by atoms with Crippen LogP contribution in [0.5, 0.6) is 0 Å². The van der Waals surface area contributed by atoms with Crippen molar-refractivity contribution in [2.45, 2.75) is 32.4 Å². The van der Waals surface area contributed by atoms with Gasteiger partial charge in [0.25, 0.3) is 6.71 Å². The molecule has 2 saturated heterocycles. The number of aromatic nitrogens is 4. The third kappa shape index (κ3) is 7.51. The van der Waals surface area contributed by atoms with Crippen molar-refractivity contribution in [1.82, 2.24) is 29.7 Å². The summed E-state index contributed by atoms with van der Waals surface area (Å²) in [6.45, 7) is 9.98. The molecular formula is C28H38BN9O4. The van der Waals surface area contributed by atoms with Gasteiger partial charge in [-0.15, -0.1) is 0 Å². The van der Waals surface area contributed by atoms with Gasteiger partial charge in [-0.1, -0.05) is 6.32 Å². The zero-order valence-electron chi connectivity index (χ0n) is 24.3. The first-order valence-electron chi connectivity index (χ1n) is 14.9. The molecule has 14 heteroatoms. The summed E-state index contributed by atoms with van der Waals surface area (Å²) in [6.07, 6.45) is 7.68. The minimum Gasteiger partial charge on any atom is -0.462 e. The normalized spacial score (nSPS) is 17.5. The van der Waals surface area contributed by atoms with Crippen LogP contribution in [0, 0.1) is 11.2 Å². The summed E-state index contributed by atoms with van der Waals surface area (Å²) in [5, 5.41) is 9.19. The summed E-state index contributed by atoms with van der Waals surface area (Å²) in [5.74, 6) is 3.40. The molecule has 0 N–H and O–H groups in total. The van der Waals surface area contributed by atoms with Crippen molar-refractivity contribution in [3.63, 3.8) is 0 Å². The number of aryl methyl sites for hydroxylation is 1. The summed E-state index contributed by atoms with van der Waals surface area (Å²) in [4.78, 5) is 51.0. The number of nitriles is 1. The van der Waals surface area contributed by atoms with Crippen LogP contribution >= 0.6 is 0 Å². The first kappa shape index (κ1) is 29.7. The fourth-order valence-corrected chi connectivity index (χ4v) is 5.50. The average Bonchev–Trinajstić information content (AvgIpc) is 3.04. The van der Waals surface area contributed by atoms with E-state index >= 15 is 0 Å². The van der Waals surface area contributed by atoms with E-state index in [0.717, 1.165) is 69.0 Å². The SMILES string of the molecule is CCOC(=O)c1cnc(N2CCN(CCOCCC(=O)N3CCN(c4ncc5c(n4)CCB(C#N)C5)CC3)CC2)nc1. The second-order valence-electron chi connectivity index (χ2n) is 10.8. The first-order chi connectivity index (χ1) is 20.5. The van der Waals surface area contributed by atoms with Gasteiger partial charge in [0, 0.05) is 89.2 Å². The third-order valence-corrected chi connectivity index (χ3v) is 8.05. The molecule has 2 aromatic rings. The van der Waals surface area contributed by atoms with Crippen LogP contribution in [-0.2, 0) is 27.0 Å². The van der Waals surface area contributed by atoms with Crippen LogP contribution in [0.3, 0.4) is 0 Å². The maximum atomic E-state index is 12.7. The molecule has 0 aromatic carbocycles. The standard InChI is InChI=1S/C28H38BN9O4/c1-2-42-26(40)23-19-31-27(32-20-23)37-8-6-35(7-9-37)14-16-41-15-4-25(39)36-10-12-38(13-11-36)28-33-18-22-17-29(21-30)5-3-24(22)34-28/h18-20H,2-17H2,1H3. The molecule has 5 heterocycles. The summed E-state index contributed by atoms with van der Waals surface area (Å²) < 4.78 is 10.8. The monoisotopic (exact) mass is 575 g/mol. The highest BCUT2D eigenvalue weighted by Crippen LogP contribution is 2.22. The minimum absolute atomic E-state index is 0.0630. The molecule has 1 amide bonds. The van der Waals surface area contributed by atoms with Crippen molar-refractivity contribution < 1.29 is 19.1 Å². The number of amides is 1. The molecule has 5 rings (SSSR count). The zero-order chi connectivity index (χ0) is 29.3. The summed E-state index contributed by atoms with van der Waals surface area (Å²) in [6, 6.07) is 0. The van der Waals surface area contributed by atoms with E-state index in [-0.39, 0.29) is 12.6 Å². The van der Waals surface area contributed by atoms with E-state index in [9.17, 15) is 14.9 Å². The van der Waals surface area contributed by atoms with Crippen LogP contribution in [0.1, 0.15) is 35.0 Å². The topological polar surface area (TPSA) is 141 Å². The lowest BCUT2D eigenvalue weighted by atomic mass is 9.43. The van der Waals surface area contributed by atoms with Crippen LogP contribution in [0.4, 0.5) is 11.9 Å². The fraction of sp³-hybridized carbons (Fsp3) is 0.607. The fourth-order valence-electron chi connectivity index (χ4n) is 5.50. The van der Waals surface area contributed by atoms with Crippen molar-refractivity contribution in [1.29, 1.82) is 5.26 Å².